The minimum atomic E-state index is 0.315. The number of aromatic nitrogens is 4. The molecule has 0 bridgehead atoms. The van der Waals surface area contributed by atoms with Gasteiger partial charge < -0.3 is 5.32 Å². The molecular formula is C7H5Cl2N5. The highest BCUT2D eigenvalue weighted by molar-refractivity contribution is 6.32. The molecule has 0 unspecified atom stereocenters. The summed E-state index contributed by atoms with van der Waals surface area (Å²) in [5.41, 5.74) is 0.689. The van der Waals surface area contributed by atoms with Gasteiger partial charge in [-0.2, -0.15) is 0 Å². The van der Waals surface area contributed by atoms with Gasteiger partial charge in [-0.15, -0.1) is 5.10 Å². The van der Waals surface area contributed by atoms with Crippen LogP contribution in [0.1, 0.15) is 0 Å². The van der Waals surface area contributed by atoms with Crippen molar-refractivity contribution in [2.24, 2.45) is 0 Å². The molecule has 72 valence electrons. The summed E-state index contributed by atoms with van der Waals surface area (Å²) in [5, 5.41) is 9.92. The molecule has 2 aromatic rings. The third-order valence-electron chi connectivity index (χ3n) is 1.43. The maximum Gasteiger partial charge on any atom is 0.246 e. The van der Waals surface area contributed by atoms with Gasteiger partial charge in [0, 0.05) is 5.69 Å². The van der Waals surface area contributed by atoms with Crippen LogP contribution < -0.4 is 5.32 Å². The van der Waals surface area contributed by atoms with Gasteiger partial charge in [-0.3, -0.25) is 5.10 Å². The van der Waals surface area contributed by atoms with Crippen molar-refractivity contribution in [1.29, 1.82) is 0 Å². The van der Waals surface area contributed by atoms with Gasteiger partial charge in [-0.1, -0.05) is 23.2 Å². The van der Waals surface area contributed by atoms with E-state index in [9.17, 15) is 0 Å². The molecule has 0 atom stereocenters. The number of rotatable bonds is 2. The van der Waals surface area contributed by atoms with Gasteiger partial charge in [0.15, 0.2) is 0 Å². The quantitative estimate of drug-likeness (QED) is 0.776. The average Bonchev–Trinajstić information content (AvgIpc) is 2.54. The summed E-state index contributed by atoms with van der Waals surface area (Å²) in [6.45, 7) is 0. The van der Waals surface area contributed by atoms with Crippen molar-refractivity contribution >= 4 is 34.8 Å². The van der Waals surface area contributed by atoms with Crippen LogP contribution in [0, 0.1) is 0 Å². The molecular weight excluding hydrogens is 225 g/mol. The van der Waals surface area contributed by atoms with E-state index in [0.29, 0.717) is 21.9 Å². The van der Waals surface area contributed by atoms with Crippen molar-refractivity contribution in [1.82, 2.24) is 20.2 Å². The molecule has 14 heavy (non-hydrogen) atoms. The van der Waals surface area contributed by atoms with Crippen molar-refractivity contribution in [3.63, 3.8) is 0 Å². The van der Waals surface area contributed by atoms with Crippen molar-refractivity contribution in [3.8, 4) is 0 Å². The van der Waals surface area contributed by atoms with Gasteiger partial charge in [0.1, 0.15) is 16.6 Å². The van der Waals surface area contributed by atoms with Crippen LogP contribution in [0.3, 0.4) is 0 Å². The fourth-order valence-corrected chi connectivity index (χ4v) is 1.40. The summed E-state index contributed by atoms with van der Waals surface area (Å²) in [7, 11) is 0. The van der Waals surface area contributed by atoms with E-state index in [-0.39, 0.29) is 0 Å². The van der Waals surface area contributed by atoms with Crippen LogP contribution >= 0.6 is 23.2 Å². The Hall–Kier alpha value is -1.33. The Morgan fingerprint density at radius 2 is 1.93 bits per heavy atom. The number of halogens is 2. The second-order valence-corrected chi connectivity index (χ2v) is 3.22. The van der Waals surface area contributed by atoms with Crippen LogP contribution in [0.15, 0.2) is 18.5 Å². The number of pyridine rings is 1. The Morgan fingerprint density at radius 3 is 2.50 bits per heavy atom. The maximum atomic E-state index is 5.71. The molecule has 0 saturated heterocycles. The molecule has 0 saturated carbocycles. The van der Waals surface area contributed by atoms with E-state index < -0.39 is 0 Å². The van der Waals surface area contributed by atoms with Crippen molar-refractivity contribution in [2.75, 3.05) is 5.32 Å². The smallest absolute Gasteiger partial charge is 0.246 e. The lowest BCUT2D eigenvalue weighted by Gasteiger charge is -2.01. The van der Waals surface area contributed by atoms with Crippen molar-refractivity contribution in [3.05, 3.63) is 28.8 Å². The monoisotopic (exact) mass is 229 g/mol. The average molecular weight is 230 g/mol. The molecule has 2 aromatic heterocycles. The minimum Gasteiger partial charge on any atom is -0.323 e. The molecule has 5 nitrogen and oxygen atoms in total. The van der Waals surface area contributed by atoms with Gasteiger partial charge in [0.25, 0.3) is 0 Å². The third kappa shape index (κ3) is 2.12. The fourth-order valence-electron chi connectivity index (χ4n) is 0.935. The lowest BCUT2D eigenvalue weighted by Crippen LogP contribution is -1.93. The largest absolute Gasteiger partial charge is 0.323 e. The van der Waals surface area contributed by atoms with E-state index in [4.69, 9.17) is 23.2 Å². The van der Waals surface area contributed by atoms with Crippen LogP contribution in [-0.2, 0) is 0 Å². The number of hydrogen-bond acceptors (Lipinski definition) is 4. The van der Waals surface area contributed by atoms with Crippen LogP contribution in [0.5, 0.6) is 0 Å². The first-order valence-corrected chi connectivity index (χ1v) is 4.45. The summed E-state index contributed by atoms with van der Waals surface area (Å²) in [6, 6.07) is 3.26. The number of nitrogens with one attached hydrogen (secondary N) is 2. The van der Waals surface area contributed by atoms with E-state index in [1.165, 1.54) is 6.33 Å². The number of hydrogen-bond donors (Lipinski definition) is 2. The highest BCUT2D eigenvalue weighted by atomic mass is 35.5. The zero-order chi connectivity index (χ0) is 9.97. The first-order valence-electron chi connectivity index (χ1n) is 3.70. The second kappa shape index (κ2) is 3.81. The zero-order valence-electron chi connectivity index (χ0n) is 6.83. The normalized spacial score (nSPS) is 10.1. The van der Waals surface area contributed by atoms with Gasteiger partial charge in [-0.05, 0) is 12.1 Å². The van der Waals surface area contributed by atoms with Crippen LogP contribution in [0.25, 0.3) is 0 Å². The predicted octanol–water partition coefficient (Wildman–Crippen LogP) is 2.25. The molecule has 2 N–H and O–H groups in total. The number of H-pyrrole nitrogens is 1. The molecule has 0 fully saturated rings. The van der Waals surface area contributed by atoms with Gasteiger partial charge in [0.05, 0.1) is 0 Å². The molecule has 7 heteroatoms. The second-order valence-electron chi connectivity index (χ2n) is 2.45. The molecule has 0 amide bonds. The fraction of sp³-hybridized carbons (Fsp3) is 0. The lowest BCUT2D eigenvalue weighted by molar-refractivity contribution is 1.09. The number of nitrogens with zero attached hydrogens (tertiary/aromatic N) is 3. The first kappa shape index (κ1) is 9.23. The van der Waals surface area contributed by atoms with E-state index in [1.807, 2.05) is 0 Å². The van der Waals surface area contributed by atoms with E-state index in [0.717, 1.165) is 0 Å². The summed E-state index contributed by atoms with van der Waals surface area (Å²) in [6.07, 6.45) is 1.47. The van der Waals surface area contributed by atoms with E-state index in [2.05, 4.69) is 25.5 Å². The van der Waals surface area contributed by atoms with Gasteiger partial charge >= 0.3 is 0 Å². The van der Waals surface area contributed by atoms with E-state index >= 15 is 0 Å². The van der Waals surface area contributed by atoms with Crippen molar-refractivity contribution < 1.29 is 0 Å². The minimum absolute atomic E-state index is 0.315. The Kier molecular flexibility index (Phi) is 2.51. The summed E-state index contributed by atoms with van der Waals surface area (Å²) in [4.78, 5) is 7.69. The highest BCUT2D eigenvalue weighted by Crippen LogP contribution is 2.20. The lowest BCUT2D eigenvalue weighted by atomic mass is 10.4. The SMILES string of the molecule is Clc1cc(Nc2nc[nH]n2)cc(Cl)n1. The first-order chi connectivity index (χ1) is 6.74. The van der Waals surface area contributed by atoms with Crippen molar-refractivity contribution in [2.45, 2.75) is 0 Å². The highest BCUT2D eigenvalue weighted by Gasteiger charge is 2.01. The van der Waals surface area contributed by atoms with Crippen LogP contribution in [0.4, 0.5) is 11.6 Å². The summed E-state index contributed by atoms with van der Waals surface area (Å²) >= 11 is 11.4. The molecule has 2 heterocycles. The number of aromatic amines is 1. The molecule has 0 aromatic carbocycles. The summed E-state index contributed by atoms with van der Waals surface area (Å²) < 4.78 is 0. The maximum absolute atomic E-state index is 5.71. The Bertz CT molecular complexity index is 407. The number of anilines is 2. The topological polar surface area (TPSA) is 66.5 Å². The Labute approximate surface area is 89.5 Å². The molecule has 2 rings (SSSR count). The molecule has 0 spiro atoms. The van der Waals surface area contributed by atoms with Gasteiger partial charge in [0.2, 0.25) is 5.95 Å². The predicted molar refractivity (Wildman–Crippen MR) is 53.9 cm³/mol. The van der Waals surface area contributed by atoms with Crippen LogP contribution in [-0.4, -0.2) is 20.2 Å². The summed E-state index contributed by atoms with van der Waals surface area (Å²) in [5.74, 6) is 0.448. The molecule has 0 radical (unpaired) electrons. The Morgan fingerprint density at radius 1 is 1.21 bits per heavy atom. The van der Waals surface area contributed by atoms with Gasteiger partial charge in [-0.25, -0.2) is 9.97 Å². The van der Waals surface area contributed by atoms with Crippen LogP contribution in [0.2, 0.25) is 10.3 Å². The van der Waals surface area contributed by atoms with E-state index in [1.54, 1.807) is 12.1 Å². The molecule has 0 aliphatic rings. The third-order valence-corrected chi connectivity index (χ3v) is 1.82. The Balaban J connectivity index is 2.25. The molecule has 0 aliphatic heterocycles. The molecule has 0 aliphatic carbocycles. The zero-order valence-corrected chi connectivity index (χ0v) is 8.34. The standard InChI is InChI=1S/C7H5Cl2N5/c8-5-1-4(2-6(9)13-5)12-7-10-3-11-14-7/h1-3H,(H2,10,11,12,13,14).